The molecule has 50 heavy (non-hydrogen) atoms. The Bertz CT molecular complexity index is 1550. The molecule has 4 rings (SSSR count). The molecule has 0 aliphatic rings. The van der Waals surface area contributed by atoms with Crippen molar-refractivity contribution in [3.63, 3.8) is 0 Å². The molecule has 0 spiro atoms. The van der Waals surface area contributed by atoms with E-state index in [2.05, 4.69) is 63.0 Å². The SMILES string of the molecule is C.C#CC.CC(=O)O.CC(=O)O.Cc1cn(Cc2ccc(Cn3cc(C)nn3)nc2)nn1.[C+]#CC.[Cu].[HH].[N-]=[N+]=NCc1ccc(CN=[N+]=[N-])nc1. The van der Waals surface area contributed by atoms with Crippen molar-refractivity contribution in [1.29, 1.82) is 0 Å². The second-order valence-electron chi connectivity index (χ2n) is 8.79. The Morgan fingerprint density at radius 2 is 1.24 bits per heavy atom. The van der Waals surface area contributed by atoms with Gasteiger partial charge in [-0.15, -0.1) is 22.5 Å². The van der Waals surface area contributed by atoms with Gasteiger partial charge in [0.2, 0.25) is 0 Å². The summed E-state index contributed by atoms with van der Waals surface area (Å²) in [4.78, 5) is 31.7. The molecule has 0 aromatic carbocycles. The van der Waals surface area contributed by atoms with E-state index in [1.54, 1.807) is 41.5 Å². The summed E-state index contributed by atoms with van der Waals surface area (Å²) in [6, 6.07) is 7.56. The second-order valence-corrected chi connectivity index (χ2v) is 8.79. The molecule has 0 atom stereocenters. The number of pyridine rings is 2. The number of aryl methyl sites for hydroxylation is 2. The molecule has 0 fully saturated rings. The van der Waals surface area contributed by atoms with Gasteiger partial charge in [0, 0.05) is 72.6 Å². The number of nitrogens with zero attached hydrogens (tertiary/aromatic N) is 14. The van der Waals surface area contributed by atoms with E-state index in [1.165, 1.54) is 0 Å². The molecule has 18 nitrogen and oxygen atoms in total. The van der Waals surface area contributed by atoms with E-state index in [4.69, 9.17) is 37.3 Å². The van der Waals surface area contributed by atoms with Gasteiger partial charge in [-0.2, -0.15) is 0 Å². The van der Waals surface area contributed by atoms with E-state index in [9.17, 15) is 0 Å². The van der Waals surface area contributed by atoms with E-state index >= 15 is 0 Å². The quantitative estimate of drug-likeness (QED) is 0.0533. The first-order valence-electron chi connectivity index (χ1n) is 13.6. The fraction of sp³-hybridized carbons (Fsp3) is 0.355. The van der Waals surface area contributed by atoms with E-state index in [0.717, 1.165) is 42.1 Å². The van der Waals surface area contributed by atoms with E-state index in [-0.39, 0.29) is 39.0 Å². The van der Waals surface area contributed by atoms with Crippen LogP contribution in [-0.2, 0) is 52.8 Å². The summed E-state index contributed by atoms with van der Waals surface area (Å²) in [5.41, 5.74) is 21.5. The number of azide groups is 2. The van der Waals surface area contributed by atoms with Crippen LogP contribution in [0.3, 0.4) is 0 Å². The third-order valence-electron chi connectivity index (χ3n) is 4.36. The summed E-state index contributed by atoms with van der Waals surface area (Å²) >= 11 is 0. The number of carbonyl (C=O) groups is 2. The van der Waals surface area contributed by atoms with Crippen LogP contribution < -0.4 is 0 Å². The normalized spacial score (nSPS) is 8.14. The molecular weight excluding hydrogens is 696 g/mol. The van der Waals surface area contributed by atoms with Gasteiger partial charge < -0.3 is 10.2 Å². The molecule has 19 heteroatoms. The molecule has 0 bridgehead atoms. The Labute approximate surface area is 303 Å². The maximum Gasteiger partial charge on any atom is 0.0684 e. The van der Waals surface area contributed by atoms with Gasteiger partial charge in [-0.25, -0.2) is 9.36 Å². The van der Waals surface area contributed by atoms with Crippen molar-refractivity contribution in [2.45, 2.75) is 75.1 Å². The number of aromatic nitrogens is 8. The van der Waals surface area contributed by atoms with Crippen LogP contribution >= 0.6 is 0 Å². The van der Waals surface area contributed by atoms with E-state index in [1.807, 2.05) is 50.5 Å². The van der Waals surface area contributed by atoms with Crippen molar-refractivity contribution in [1.82, 2.24) is 40.0 Å². The van der Waals surface area contributed by atoms with E-state index < -0.39 is 11.9 Å². The van der Waals surface area contributed by atoms with Crippen LogP contribution in [-0.4, -0.2) is 62.1 Å². The Morgan fingerprint density at radius 1 is 0.860 bits per heavy atom. The Hall–Kier alpha value is -6.00. The molecule has 0 unspecified atom stereocenters. The number of terminal acetylenes is 1. The first-order chi connectivity index (χ1) is 22.8. The number of carboxylic acids is 2. The summed E-state index contributed by atoms with van der Waals surface area (Å²) in [6.45, 7) is 11.0. The van der Waals surface area contributed by atoms with Crippen molar-refractivity contribution < 1.29 is 38.3 Å². The Morgan fingerprint density at radius 3 is 1.60 bits per heavy atom. The van der Waals surface area contributed by atoms with Crippen molar-refractivity contribution >= 4 is 11.9 Å². The zero-order valence-corrected chi connectivity index (χ0v) is 28.7. The van der Waals surface area contributed by atoms with Crippen molar-refractivity contribution in [3.8, 4) is 18.3 Å². The molecule has 0 saturated carbocycles. The van der Waals surface area contributed by atoms with Crippen LogP contribution in [0, 0.1) is 38.5 Å². The average Bonchev–Trinajstić information content (AvgIpc) is 3.63. The molecule has 1 radical (unpaired) electrons. The van der Waals surface area contributed by atoms with Crippen LogP contribution in [0.15, 0.2) is 59.3 Å². The van der Waals surface area contributed by atoms with Crippen LogP contribution in [0.25, 0.3) is 20.9 Å². The number of hydrogen-bond acceptors (Lipinski definition) is 10. The molecule has 0 aliphatic heterocycles. The molecular formula is C31H43CuN14O4+. The van der Waals surface area contributed by atoms with Gasteiger partial charge in [-0.05, 0) is 55.1 Å². The van der Waals surface area contributed by atoms with Gasteiger partial charge in [-0.3, -0.25) is 19.6 Å². The predicted molar refractivity (Wildman–Crippen MR) is 185 cm³/mol. The monoisotopic (exact) mass is 738 g/mol. The molecule has 2 N–H and O–H groups in total. The van der Waals surface area contributed by atoms with Crippen LogP contribution in [0.4, 0.5) is 0 Å². The minimum absolute atomic E-state index is 0. The predicted octanol–water partition coefficient (Wildman–Crippen LogP) is 5.98. The molecule has 271 valence electrons. The first-order valence-corrected chi connectivity index (χ1v) is 13.6. The number of rotatable bonds is 8. The number of carboxylic acid groups (broad SMARTS) is 2. The van der Waals surface area contributed by atoms with Crippen LogP contribution in [0.5, 0.6) is 0 Å². The second kappa shape index (κ2) is 32.9. The Kier molecular flexibility index (Phi) is 33.5. The number of aliphatic carboxylic acids is 2. The molecule has 4 aromatic rings. The summed E-state index contributed by atoms with van der Waals surface area (Å²) < 4.78 is 3.57. The smallest absolute Gasteiger partial charge is 0.0684 e. The number of hydrogen-bond donors (Lipinski definition) is 2. The van der Waals surface area contributed by atoms with Crippen LogP contribution in [0.1, 0.15) is 70.5 Å². The summed E-state index contributed by atoms with van der Waals surface area (Å²) in [5, 5.41) is 37.5. The fourth-order valence-electron chi connectivity index (χ4n) is 2.80. The maximum absolute atomic E-state index is 9.00. The van der Waals surface area contributed by atoms with Gasteiger partial charge in [0.15, 0.2) is 0 Å². The topological polar surface area (TPSA) is 259 Å². The standard InChI is InChI=1S/C13H15N7.C7H7N7.C3H4.C3H3.2C2H4O2.CH4.Cu.H2/c1-10-6-19(17-15-10)8-12-3-4-13(14-5-12)9-20-7-11(2)16-18-20;8-13-11-4-6-1-2-7(10-3-6)5-12-14-9;2*1-3-2;2*1-2(3)4;;;/h3-7H,8-9H2,1-2H3;1-3H,4-5H2;1H,2H3;1H3;2*1H3,(H,3,4);1H4;;1H/q;;;+1;;;;;. The Balaban J connectivity index is -0.000000199. The summed E-state index contributed by atoms with van der Waals surface area (Å²) in [7, 11) is 0. The zero-order valence-electron chi connectivity index (χ0n) is 27.8. The zero-order chi connectivity index (χ0) is 36.7. The van der Waals surface area contributed by atoms with Gasteiger partial charge >= 0.3 is 19.3 Å². The van der Waals surface area contributed by atoms with E-state index in [0.29, 0.717) is 18.8 Å². The van der Waals surface area contributed by atoms with Crippen molar-refractivity contribution in [2.24, 2.45) is 10.2 Å². The van der Waals surface area contributed by atoms with Gasteiger partial charge in [-0.1, -0.05) is 40.2 Å². The fourth-order valence-corrected chi connectivity index (χ4v) is 2.80. The van der Waals surface area contributed by atoms with Crippen LogP contribution in [0.2, 0.25) is 0 Å². The van der Waals surface area contributed by atoms with Gasteiger partial charge in [0.05, 0.1) is 43.3 Å². The van der Waals surface area contributed by atoms with Gasteiger partial charge in [0.1, 0.15) is 0 Å². The molecule has 0 saturated heterocycles. The summed E-state index contributed by atoms with van der Waals surface area (Å²) in [6.07, 6.45) is 17.8. The first kappa shape index (κ1) is 50.8. The molecule has 4 aromatic heterocycles. The van der Waals surface area contributed by atoms with Crippen molar-refractivity contribution in [3.05, 3.63) is 110 Å². The third-order valence-corrected chi connectivity index (χ3v) is 4.36. The molecule has 0 aliphatic carbocycles. The molecule has 4 heterocycles. The van der Waals surface area contributed by atoms with Crippen molar-refractivity contribution in [2.75, 3.05) is 0 Å². The van der Waals surface area contributed by atoms with Gasteiger partial charge in [0.25, 0.3) is 11.9 Å². The third kappa shape index (κ3) is 30.6. The average molecular weight is 739 g/mol. The molecule has 0 amide bonds. The maximum atomic E-state index is 9.00. The largest absolute Gasteiger partial charge is 0.261 e. The summed E-state index contributed by atoms with van der Waals surface area (Å²) in [5.74, 6) is 2.58. The minimum atomic E-state index is -0.833. The minimum Gasteiger partial charge on any atom is -0.261 e.